The van der Waals surface area contributed by atoms with Gasteiger partial charge in [0.05, 0.1) is 0 Å². The summed E-state index contributed by atoms with van der Waals surface area (Å²) >= 11 is 6.15. The van der Waals surface area contributed by atoms with E-state index in [0.717, 1.165) is 39.8 Å². The van der Waals surface area contributed by atoms with Gasteiger partial charge in [-0.05, 0) is 60.7 Å². The van der Waals surface area contributed by atoms with Gasteiger partial charge >= 0.3 is 6.18 Å². The van der Waals surface area contributed by atoms with Gasteiger partial charge in [0.25, 0.3) is 0 Å². The van der Waals surface area contributed by atoms with Crippen LogP contribution in [-0.4, -0.2) is 19.6 Å². The molecule has 178 valence electrons. The highest BCUT2D eigenvalue weighted by Gasteiger charge is 2.32. The Morgan fingerprint density at radius 3 is 2.54 bits per heavy atom. The van der Waals surface area contributed by atoms with Crippen LogP contribution >= 0.6 is 11.6 Å². The van der Waals surface area contributed by atoms with Crippen molar-refractivity contribution in [1.29, 1.82) is 0 Å². The van der Waals surface area contributed by atoms with Gasteiger partial charge in [-0.2, -0.15) is 13.2 Å². The zero-order valence-electron chi connectivity index (χ0n) is 19.1. The number of rotatable bonds is 4. The Morgan fingerprint density at radius 2 is 1.86 bits per heavy atom. The first-order valence-corrected chi connectivity index (χ1v) is 11.6. The van der Waals surface area contributed by atoms with Crippen LogP contribution < -0.4 is 0 Å². The molecular weight excluding hydrogens is 473 g/mol. The molecule has 1 aliphatic rings. The molecule has 1 aromatic carbocycles. The minimum Gasteiger partial charge on any atom is -0.286 e. The lowest BCUT2D eigenvalue weighted by Crippen LogP contribution is -2.10. The minimum atomic E-state index is -4.48. The van der Waals surface area contributed by atoms with Crippen molar-refractivity contribution in [1.82, 2.24) is 19.6 Å². The number of aryl methyl sites for hydroxylation is 2. The van der Waals surface area contributed by atoms with E-state index in [2.05, 4.69) is 40.3 Å². The van der Waals surface area contributed by atoms with Crippen molar-refractivity contribution in [2.24, 2.45) is 0 Å². The van der Waals surface area contributed by atoms with Gasteiger partial charge < -0.3 is 0 Å². The fourth-order valence-electron chi connectivity index (χ4n) is 4.45. The molecule has 0 spiro atoms. The number of pyridine rings is 2. The van der Waals surface area contributed by atoms with Crippen molar-refractivity contribution in [3.8, 4) is 11.1 Å². The highest BCUT2D eigenvalue weighted by atomic mass is 35.5. The van der Waals surface area contributed by atoms with Crippen molar-refractivity contribution in [2.45, 2.75) is 38.8 Å². The van der Waals surface area contributed by atoms with Crippen LogP contribution in [-0.2, 0) is 12.6 Å². The minimum absolute atomic E-state index is 0.138. The van der Waals surface area contributed by atoms with Gasteiger partial charge in [0.2, 0.25) is 0 Å². The molecule has 0 bridgehead atoms. The molecular formula is C27H22ClF3N4. The number of nitrogens with zero attached hydrogens (tertiary/aromatic N) is 4. The van der Waals surface area contributed by atoms with E-state index in [4.69, 9.17) is 11.6 Å². The first kappa shape index (κ1) is 23.3. The maximum Gasteiger partial charge on any atom is 0.433 e. The van der Waals surface area contributed by atoms with Gasteiger partial charge in [-0.3, -0.25) is 4.40 Å². The van der Waals surface area contributed by atoms with Gasteiger partial charge in [-0.15, -0.1) is 10.2 Å². The lowest BCUT2D eigenvalue weighted by molar-refractivity contribution is -0.141. The lowest BCUT2D eigenvalue weighted by Gasteiger charge is -2.20. The second-order valence-electron chi connectivity index (χ2n) is 8.71. The monoisotopic (exact) mass is 494 g/mol. The Kier molecular flexibility index (Phi) is 5.97. The molecule has 4 aromatic rings. The van der Waals surface area contributed by atoms with E-state index in [1.807, 2.05) is 40.9 Å². The Hall–Kier alpha value is -3.45. The highest BCUT2D eigenvalue weighted by Crippen LogP contribution is 2.37. The van der Waals surface area contributed by atoms with Crippen molar-refractivity contribution in [3.05, 3.63) is 106 Å². The molecule has 4 nitrogen and oxygen atoms in total. The summed E-state index contributed by atoms with van der Waals surface area (Å²) in [6.07, 6.45) is 4.67. The Balaban J connectivity index is 1.60. The average molecular weight is 495 g/mol. The van der Waals surface area contributed by atoms with Gasteiger partial charge in [0.15, 0.2) is 5.65 Å². The number of alkyl halides is 3. The standard InChI is InChI=1S/C27H22ClF3N4/c1-16-5-3-4-6-21(16)23-15-35-25(13-19-9-12-24(27(29,30)31)32-17(19)2)33-34-26(35)14-22(23)18-7-10-20(28)11-8-18/h3-7,9-12,14-15,18H,8,13H2,1-2H3. The molecule has 1 unspecified atom stereocenters. The van der Waals surface area contributed by atoms with E-state index in [0.29, 0.717) is 29.1 Å². The third kappa shape index (κ3) is 4.60. The molecule has 0 aliphatic heterocycles. The number of hydrogen-bond donors (Lipinski definition) is 0. The van der Waals surface area contributed by atoms with E-state index >= 15 is 0 Å². The van der Waals surface area contributed by atoms with Crippen LogP contribution in [0.5, 0.6) is 0 Å². The Bertz CT molecular complexity index is 1480. The smallest absolute Gasteiger partial charge is 0.286 e. The van der Waals surface area contributed by atoms with Gasteiger partial charge in [0.1, 0.15) is 11.5 Å². The lowest BCUT2D eigenvalue weighted by atomic mass is 9.86. The topological polar surface area (TPSA) is 43.1 Å². The molecule has 0 N–H and O–H groups in total. The molecule has 0 fully saturated rings. The molecule has 0 amide bonds. The van der Waals surface area contributed by atoms with Crippen LogP contribution in [0.3, 0.4) is 0 Å². The maximum atomic E-state index is 13.0. The molecule has 1 aliphatic carbocycles. The summed E-state index contributed by atoms with van der Waals surface area (Å²) in [6, 6.07) is 12.7. The molecule has 5 rings (SSSR count). The predicted octanol–water partition coefficient (Wildman–Crippen LogP) is 7.18. The summed E-state index contributed by atoms with van der Waals surface area (Å²) in [7, 11) is 0. The maximum absolute atomic E-state index is 13.0. The summed E-state index contributed by atoms with van der Waals surface area (Å²) in [4.78, 5) is 3.76. The van der Waals surface area contributed by atoms with Gasteiger partial charge in [0, 0.05) is 34.8 Å². The molecule has 0 radical (unpaired) electrons. The number of fused-ring (bicyclic) bond motifs is 1. The molecule has 1 atom stereocenters. The number of halogens is 4. The SMILES string of the molecule is Cc1ccccc1-c1cn2c(Cc3ccc(C(F)(F)F)nc3C)nnc2cc1C1C=CC(Cl)=CC1. The molecule has 8 heteroatoms. The number of benzene rings is 1. The van der Waals surface area contributed by atoms with E-state index in [1.54, 1.807) is 6.92 Å². The summed E-state index contributed by atoms with van der Waals surface area (Å²) in [5.41, 5.74) is 5.19. The third-order valence-corrected chi connectivity index (χ3v) is 6.65. The van der Waals surface area contributed by atoms with Crippen LogP contribution in [0.1, 0.15) is 46.2 Å². The molecule has 3 aromatic heterocycles. The van der Waals surface area contributed by atoms with Crippen molar-refractivity contribution >= 4 is 17.2 Å². The quantitative estimate of drug-likeness (QED) is 0.301. The van der Waals surface area contributed by atoms with Gasteiger partial charge in [-0.25, -0.2) is 4.98 Å². The molecule has 0 saturated heterocycles. The largest absolute Gasteiger partial charge is 0.433 e. The van der Waals surface area contributed by atoms with Crippen LogP contribution in [0.15, 0.2) is 71.9 Å². The fraction of sp³-hybridized carbons (Fsp3) is 0.222. The first-order valence-electron chi connectivity index (χ1n) is 11.2. The van der Waals surface area contributed by atoms with E-state index in [9.17, 15) is 13.2 Å². The second-order valence-corrected chi connectivity index (χ2v) is 9.14. The summed E-state index contributed by atoms with van der Waals surface area (Å²) in [5, 5.41) is 9.47. The van der Waals surface area contributed by atoms with Gasteiger partial charge in [-0.1, -0.05) is 54.1 Å². The zero-order chi connectivity index (χ0) is 24.7. The van der Waals surface area contributed by atoms with E-state index in [-0.39, 0.29) is 5.92 Å². The summed E-state index contributed by atoms with van der Waals surface area (Å²) in [5.74, 6) is 0.770. The van der Waals surface area contributed by atoms with Crippen LogP contribution in [0.2, 0.25) is 0 Å². The van der Waals surface area contributed by atoms with Crippen molar-refractivity contribution in [2.75, 3.05) is 0 Å². The van der Waals surface area contributed by atoms with Crippen LogP contribution in [0.25, 0.3) is 16.8 Å². The van der Waals surface area contributed by atoms with Crippen molar-refractivity contribution < 1.29 is 13.2 Å². The van der Waals surface area contributed by atoms with Crippen LogP contribution in [0.4, 0.5) is 13.2 Å². The molecule has 35 heavy (non-hydrogen) atoms. The van der Waals surface area contributed by atoms with E-state index < -0.39 is 11.9 Å². The summed E-state index contributed by atoms with van der Waals surface area (Å²) in [6.45, 7) is 3.65. The normalized spacial score (nSPS) is 16.1. The summed E-state index contributed by atoms with van der Waals surface area (Å²) < 4.78 is 41.0. The second kappa shape index (κ2) is 8.96. The number of hydrogen-bond acceptors (Lipinski definition) is 3. The Labute approximate surface area is 205 Å². The Morgan fingerprint density at radius 1 is 1.06 bits per heavy atom. The fourth-order valence-corrected chi connectivity index (χ4v) is 4.62. The molecule has 3 heterocycles. The predicted molar refractivity (Wildman–Crippen MR) is 130 cm³/mol. The third-order valence-electron chi connectivity index (χ3n) is 6.37. The van der Waals surface area contributed by atoms with Crippen LogP contribution in [0, 0.1) is 13.8 Å². The average Bonchev–Trinajstić information content (AvgIpc) is 3.21. The highest BCUT2D eigenvalue weighted by molar-refractivity contribution is 6.31. The van der Waals surface area contributed by atoms with Crippen molar-refractivity contribution in [3.63, 3.8) is 0 Å². The molecule has 0 saturated carbocycles. The number of allylic oxidation sites excluding steroid dienone is 4. The van der Waals surface area contributed by atoms with E-state index in [1.165, 1.54) is 6.07 Å². The first-order chi connectivity index (χ1) is 16.7. The zero-order valence-corrected chi connectivity index (χ0v) is 19.9. The number of aromatic nitrogens is 4.